The van der Waals surface area contributed by atoms with Crippen LogP contribution in [0.4, 0.5) is 5.69 Å². The first-order valence-corrected chi connectivity index (χ1v) is 10.8. The van der Waals surface area contributed by atoms with Gasteiger partial charge in [-0.3, -0.25) is 14.4 Å². The number of ether oxygens (including phenoxy) is 1. The van der Waals surface area contributed by atoms with Crippen molar-refractivity contribution in [2.24, 2.45) is 0 Å². The molecule has 0 spiro atoms. The van der Waals surface area contributed by atoms with E-state index in [9.17, 15) is 13.2 Å². The van der Waals surface area contributed by atoms with E-state index in [2.05, 4.69) is 4.72 Å². The van der Waals surface area contributed by atoms with Crippen LogP contribution in [0.5, 0.6) is 5.75 Å². The molecule has 0 amide bonds. The lowest BCUT2D eigenvalue weighted by Gasteiger charge is -2.31. The van der Waals surface area contributed by atoms with Crippen LogP contribution in [0.2, 0.25) is 0 Å². The van der Waals surface area contributed by atoms with E-state index in [1.807, 2.05) is 36.2 Å². The number of nitrogens with one attached hydrogen (secondary N) is 1. The Balaban J connectivity index is 1.51. The van der Waals surface area contributed by atoms with Gasteiger partial charge >= 0.3 is 0 Å². The predicted molar refractivity (Wildman–Crippen MR) is 106 cm³/mol. The number of ketones is 1. The quantitative estimate of drug-likeness (QED) is 0.789. The van der Waals surface area contributed by atoms with E-state index in [-0.39, 0.29) is 11.8 Å². The van der Waals surface area contributed by atoms with E-state index in [0.717, 1.165) is 30.2 Å². The molecule has 0 fully saturated rings. The van der Waals surface area contributed by atoms with Gasteiger partial charge in [-0.25, -0.2) is 8.42 Å². The smallest absolute Gasteiger partial charge is 0.229 e. The Hall–Kier alpha value is -2.38. The Morgan fingerprint density at radius 2 is 1.85 bits per heavy atom. The average molecular weight is 388 g/mol. The Kier molecular flexibility index (Phi) is 5.82. The molecule has 0 aromatic heterocycles. The number of likely N-dealkylation sites (N-methyl/N-ethyl adjacent to an activating group) is 1. The molecule has 2 aromatic rings. The average Bonchev–Trinajstić information content (AvgIpc) is 2.62. The fraction of sp³-hybridized carbons (Fsp3) is 0.350. The fourth-order valence-corrected chi connectivity index (χ4v) is 3.86. The molecule has 1 atom stereocenters. The Morgan fingerprint density at radius 1 is 1.15 bits per heavy atom. The van der Waals surface area contributed by atoms with Crippen molar-refractivity contribution in [3.8, 4) is 5.75 Å². The summed E-state index contributed by atoms with van der Waals surface area (Å²) < 4.78 is 30.6. The molecule has 0 heterocycles. The van der Waals surface area contributed by atoms with E-state index >= 15 is 0 Å². The molecule has 0 bridgehead atoms. The van der Waals surface area contributed by atoms with Gasteiger partial charge in [0, 0.05) is 17.8 Å². The van der Waals surface area contributed by atoms with Crippen molar-refractivity contribution in [3.05, 3.63) is 59.7 Å². The number of rotatable bonds is 7. The maximum atomic E-state index is 12.7. The van der Waals surface area contributed by atoms with Crippen LogP contribution in [0.3, 0.4) is 0 Å². The maximum absolute atomic E-state index is 12.7. The van der Waals surface area contributed by atoms with Gasteiger partial charge in [0.25, 0.3) is 0 Å². The third kappa shape index (κ3) is 5.08. The number of hydrogen-bond donors (Lipinski definition) is 1. The summed E-state index contributed by atoms with van der Waals surface area (Å²) in [6.45, 7) is 1.07. The highest BCUT2D eigenvalue weighted by atomic mass is 32.2. The molecule has 144 valence electrons. The number of anilines is 1. The minimum atomic E-state index is -3.29. The van der Waals surface area contributed by atoms with Gasteiger partial charge in [0.1, 0.15) is 12.4 Å². The summed E-state index contributed by atoms with van der Waals surface area (Å²) in [6.07, 6.45) is 2.84. The molecule has 0 saturated heterocycles. The van der Waals surface area contributed by atoms with Gasteiger partial charge in [-0.2, -0.15) is 0 Å². The van der Waals surface area contributed by atoms with Gasteiger partial charge < -0.3 is 4.74 Å². The molecule has 0 radical (unpaired) electrons. The second-order valence-corrected chi connectivity index (χ2v) is 8.55. The van der Waals surface area contributed by atoms with Crippen molar-refractivity contribution in [1.82, 2.24) is 4.90 Å². The van der Waals surface area contributed by atoms with Gasteiger partial charge in [-0.15, -0.1) is 0 Å². The van der Waals surface area contributed by atoms with Crippen LogP contribution < -0.4 is 9.46 Å². The lowest BCUT2D eigenvalue weighted by atomic mass is 9.86. The van der Waals surface area contributed by atoms with Crippen molar-refractivity contribution in [2.45, 2.75) is 18.9 Å². The summed E-state index contributed by atoms with van der Waals surface area (Å²) in [6, 6.07) is 14.4. The van der Waals surface area contributed by atoms with Crippen molar-refractivity contribution >= 4 is 21.5 Å². The monoisotopic (exact) mass is 388 g/mol. The normalized spacial score (nSPS) is 16.9. The summed E-state index contributed by atoms with van der Waals surface area (Å²) in [5.74, 6) is 0.832. The number of Topliss-reactive ketones (excluding diaryl/α,β-unsaturated/α-hetero) is 1. The fourth-order valence-electron chi connectivity index (χ4n) is 3.30. The van der Waals surface area contributed by atoms with Crippen molar-refractivity contribution in [2.75, 3.05) is 31.2 Å². The maximum Gasteiger partial charge on any atom is 0.229 e. The molecule has 1 aliphatic rings. The highest BCUT2D eigenvalue weighted by Gasteiger charge is 2.29. The van der Waals surface area contributed by atoms with Crippen LogP contribution in [0.15, 0.2) is 48.5 Å². The van der Waals surface area contributed by atoms with E-state index in [0.29, 0.717) is 24.6 Å². The lowest BCUT2D eigenvalue weighted by Crippen LogP contribution is -2.43. The largest absolute Gasteiger partial charge is 0.492 e. The highest BCUT2D eigenvalue weighted by Crippen LogP contribution is 2.24. The molecule has 1 unspecified atom stereocenters. The topological polar surface area (TPSA) is 75.7 Å². The number of carbonyl (C=O) groups is 1. The van der Waals surface area contributed by atoms with E-state index in [4.69, 9.17) is 4.74 Å². The molecule has 1 N–H and O–H groups in total. The summed E-state index contributed by atoms with van der Waals surface area (Å²) in [5.41, 5.74) is 2.45. The zero-order valence-electron chi connectivity index (χ0n) is 15.5. The van der Waals surface area contributed by atoms with Gasteiger partial charge in [0.05, 0.1) is 12.3 Å². The molecule has 2 aromatic carbocycles. The summed E-state index contributed by atoms with van der Waals surface area (Å²) in [5, 5.41) is 0. The number of fused-ring (bicyclic) bond motifs is 1. The predicted octanol–water partition coefficient (Wildman–Crippen LogP) is 2.57. The summed E-state index contributed by atoms with van der Waals surface area (Å²) >= 11 is 0. The molecular formula is C20H24N2O4S. The molecule has 3 rings (SSSR count). The number of sulfonamides is 1. The first-order valence-electron chi connectivity index (χ1n) is 8.86. The minimum Gasteiger partial charge on any atom is -0.492 e. The second kappa shape index (κ2) is 8.10. The number of hydrogen-bond acceptors (Lipinski definition) is 5. The summed E-state index contributed by atoms with van der Waals surface area (Å²) in [4.78, 5) is 14.7. The van der Waals surface area contributed by atoms with Crippen LogP contribution in [0.1, 0.15) is 22.3 Å². The molecular weight excluding hydrogens is 364 g/mol. The zero-order valence-corrected chi connectivity index (χ0v) is 16.3. The first-order chi connectivity index (χ1) is 12.8. The standard InChI is InChI=1S/C20H24N2O4S/c1-22(19-12-7-15-5-3-4-6-18(15)20(19)23)13-14-26-17-10-8-16(9-11-17)21-27(2,24)25/h3-6,8-11,19,21H,7,12-14H2,1-2H3. The molecule has 6 nitrogen and oxygen atoms in total. The van der Waals surface area contributed by atoms with E-state index in [1.165, 1.54) is 0 Å². The Morgan fingerprint density at radius 3 is 2.56 bits per heavy atom. The third-order valence-electron chi connectivity index (χ3n) is 4.67. The van der Waals surface area contributed by atoms with E-state index < -0.39 is 10.0 Å². The van der Waals surface area contributed by atoms with E-state index in [1.54, 1.807) is 24.3 Å². The molecule has 27 heavy (non-hydrogen) atoms. The van der Waals surface area contributed by atoms with Crippen LogP contribution in [0.25, 0.3) is 0 Å². The molecule has 0 aliphatic heterocycles. The van der Waals surface area contributed by atoms with Crippen LogP contribution in [-0.4, -0.2) is 51.6 Å². The Bertz CT molecular complexity index is 910. The second-order valence-electron chi connectivity index (χ2n) is 6.80. The number of carbonyl (C=O) groups excluding carboxylic acids is 1. The third-order valence-corrected chi connectivity index (χ3v) is 5.28. The van der Waals surface area contributed by atoms with Crippen molar-refractivity contribution in [3.63, 3.8) is 0 Å². The zero-order chi connectivity index (χ0) is 19.4. The lowest BCUT2D eigenvalue weighted by molar-refractivity contribution is 0.0808. The minimum absolute atomic E-state index is 0.121. The number of benzene rings is 2. The molecule has 7 heteroatoms. The van der Waals surface area contributed by atoms with Gasteiger partial charge in [-0.05, 0) is 49.7 Å². The SMILES string of the molecule is CN(CCOc1ccc(NS(C)(=O)=O)cc1)C1CCc2ccccc2C1=O. The van der Waals surface area contributed by atoms with Crippen LogP contribution in [0, 0.1) is 0 Å². The molecule has 0 saturated carbocycles. The van der Waals surface area contributed by atoms with Crippen molar-refractivity contribution < 1.29 is 17.9 Å². The van der Waals surface area contributed by atoms with Gasteiger partial charge in [-0.1, -0.05) is 24.3 Å². The summed E-state index contributed by atoms with van der Waals surface area (Å²) in [7, 11) is -1.34. The van der Waals surface area contributed by atoms with Crippen LogP contribution in [-0.2, 0) is 16.4 Å². The van der Waals surface area contributed by atoms with Crippen molar-refractivity contribution in [1.29, 1.82) is 0 Å². The van der Waals surface area contributed by atoms with Gasteiger partial charge in [0.15, 0.2) is 5.78 Å². The van der Waals surface area contributed by atoms with Crippen LogP contribution >= 0.6 is 0 Å². The molecule has 1 aliphatic carbocycles. The highest BCUT2D eigenvalue weighted by molar-refractivity contribution is 7.92. The first kappa shape index (κ1) is 19.4. The number of nitrogens with zero attached hydrogens (tertiary/aromatic N) is 1. The van der Waals surface area contributed by atoms with Gasteiger partial charge in [0.2, 0.25) is 10.0 Å². The number of aryl methyl sites for hydroxylation is 1. The Labute approximate surface area is 160 Å².